The van der Waals surface area contributed by atoms with Gasteiger partial charge in [0.25, 0.3) is 0 Å². The minimum Gasteiger partial charge on any atom is -0.369 e. The monoisotopic (exact) mass is 397 g/mol. The summed E-state index contributed by atoms with van der Waals surface area (Å²) in [4.78, 5) is 19.6. The number of aromatic nitrogens is 2. The first kappa shape index (κ1) is 19.3. The summed E-state index contributed by atoms with van der Waals surface area (Å²) in [6.45, 7) is 0. The SMILES string of the molecule is CS(=O)(=O)Nc1cccc(-c2ccnc(Nc3ccc(CC(N)=O)cc3)n2)c1. The average Bonchev–Trinajstić information content (AvgIpc) is 2.62. The number of carbonyl (C=O) groups is 1. The Morgan fingerprint density at radius 1 is 1.07 bits per heavy atom. The molecule has 1 aromatic heterocycles. The maximum absolute atomic E-state index is 11.4. The number of hydrogen-bond acceptors (Lipinski definition) is 6. The van der Waals surface area contributed by atoms with E-state index in [1.54, 1.807) is 42.6 Å². The minimum absolute atomic E-state index is 0.185. The first-order valence-electron chi connectivity index (χ1n) is 8.34. The Bertz CT molecular complexity index is 1100. The molecular formula is C19H19N5O3S. The molecule has 0 unspecified atom stereocenters. The number of primary amides is 1. The van der Waals surface area contributed by atoms with E-state index in [9.17, 15) is 13.2 Å². The molecule has 0 atom stereocenters. The van der Waals surface area contributed by atoms with Crippen LogP contribution >= 0.6 is 0 Å². The van der Waals surface area contributed by atoms with Gasteiger partial charge in [0.1, 0.15) is 0 Å². The lowest BCUT2D eigenvalue weighted by Crippen LogP contribution is -2.13. The summed E-state index contributed by atoms with van der Waals surface area (Å²) < 4.78 is 25.3. The van der Waals surface area contributed by atoms with E-state index in [1.165, 1.54) is 0 Å². The van der Waals surface area contributed by atoms with Crippen molar-refractivity contribution in [2.24, 2.45) is 5.73 Å². The van der Waals surface area contributed by atoms with Crippen molar-refractivity contribution < 1.29 is 13.2 Å². The van der Waals surface area contributed by atoms with Crippen LogP contribution in [0.5, 0.6) is 0 Å². The Labute approximate surface area is 162 Å². The van der Waals surface area contributed by atoms with Gasteiger partial charge in [0, 0.05) is 23.1 Å². The van der Waals surface area contributed by atoms with Gasteiger partial charge in [-0.1, -0.05) is 24.3 Å². The highest BCUT2D eigenvalue weighted by Gasteiger charge is 2.07. The van der Waals surface area contributed by atoms with Gasteiger partial charge in [0.2, 0.25) is 21.9 Å². The molecule has 28 heavy (non-hydrogen) atoms. The molecule has 4 N–H and O–H groups in total. The molecule has 0 bridgehead atoms. The van der Waals surface area contributed by atoms with Gasteiger partial charge < -0.3 is 11.1 Å². The number of anilines is 3. The van der Waals surface area contributed by atoms with Crippen LogP contribution < -0.4 is 15.8 Å². The van der Waals surface area contributed by atoms with Crippen molar-refractivity contribution in [2.75, 3.05) is 16.3 Å². The summed E-state index contributed by atoms with van der Waals surface area (Å²) in [6, 6.07) is 15.9. The van der Waals surface area contributed by atoms with Crippen LogP contribution in [-0.4, -0.2) is 30.5 Å². The highest BCUT2D eigenvalue weighted by Crippen LogP contribution is 2.23. The maximum Gasteiger partial charge on any atom is 0.229 e. The van der Waals surface area contributed by atoms with Crippen LogP contribution in [0.3, 0.4) is 0 Å². The van der Waals surface area contributed by atoms with E-state index in [-0.39, 0.29) is 12.3 Å². The molecule has 0 aliphatic rings. The molecule has 1 amide bonds. The van der Waals surface area contributed by atoms with Crippen molar-refractivity contribution in [2.45, 2.75) is 6.42 Å². The second-order valence-electron chi connectivity index (χ2n) is 6.19. The van der Waals surface area contributed by atoms with Gasteiger partial charge in [-0.15, -0.1) is 0 Å². The van der Waals surface area contributed by atoms with Crippen LogP contribution in [0.25, 0.3) is 11.3 Å². The van der Waals surface area contributed by atoms with Gasteiger partial charge >= 0.3 is 0 Å². The zero-order valence-electron chi connectivity index (χ0n) is 15.1. The molecule has 0 fully saturated rings. The van der Waals surface area contributed by atoms with Crippen molar-refractivity contribution in [3.63, 3.8) is 0 Å². The Balaban J connectivity index is 1.79. The fourth-order valence-corrected chi connectivity index (χ4v) is 3.13. The van der Waals surface area contributed by atoms with E-state index in [0.717, 1.165) is 23.1 Å². The van der Waals surface area contributed by atoms with E-state index in [1.807, 2.05) is 18.2 Å². The lowest BCUT2D eigenvalue weighted by molar-refractivity contribution is -0.117. The third-order valence-electron chi connectivity index (χ3n) is 3.71. The second-order valence-corrected chi connectivity index (χ2v) is 7.93. The Morgan fingerprint density at radius 3 is 2.50 bits per heavy atom. The molecule has 8 nitrogen and oxygen atoms in total. The summed E-state index contributed by atoms with van der Waals surface area (Å²) in [5.41, 5.74) is 8.62. The molecule has 0 aliphatic carbocycles. The van der Waals surface area contributed by atoms with Crippen LogP contribution in [0.2, 0.25) is 0 Å². The molecule has 0 radical (unpaired) electrons. The maximum atomic E-state index is 11.4. The van der Waals surface area contributed by atoms with Gasteiger partial charge in [-0.05, 0) is 35.9 Å². The quantitative estimate of drug-likeness (QED) is 0.561. The fourth-order valence-electron chi connectivity index (χ4n) is 2.57. The number of nitrogens with zero attached hydrogens (tertiary/aromatic N) is 2. The largest absolute Gasteiger partial charge is 0.369 e. The van der Waals surface area contributed by atoms with E-state index in [0.29, 0.717) is 17.3 Å². The first-order valence-corrected chi connectivity index (χ1v) is 10.2. The Morgan fingerprint density at radius 2 is 1.82 bits per heavy atom. The second kappa shape index (κ2) is 8.05. The number of sulfonamides is 1. The smallest absolute Gasteiger partial charge is 0.229 e. The summed E-state index contributed by atoms with van der Waals surface area (Å²) in [5.74, 6) is 0.00552. The molecule has 9 heteroatoms. The predicted molar refractivity (Wildman–Crippen MR) is 109 cm³/mol. The number of nitrogens with two attached hydrogens (primary N) is 1. The third-order valence-corrected chi connectivity index (χ3v) is 4.31. The Hall–Kier alpha value is -3.46. The van der Waals surface area contributed by atoms with Crippen LogP contribution in [0.15, 0.2) is 60.8 Å². The van der Waals surface area contributed by atoms with Crippen molar-refractivity contribution in [3.05, 3.63) is 66.4 Å². The predicted octanol–water partition coefficient (Wildman–Crippen LogP) is 2.29. The van der Waals surface area contributed by atoms with Gasteiger partial charge in [-0.25, -0.2) is 18.4 Å². The molecule has 0 saturated heterocycles. The number of nitrogens with one attached hydrogen (secondary N) is 2. The van der Waals surface area contributed by atoms with Crippen LogP contribution in [0.4, 0.5) is 17.3 Å². The zero-order valence-corrected chi connectivity index (χ0v) is 15.9. The van der Waals surface area contributed by atoms with Gasteiger partial charge in [-0.3, -0.25) is 9.52 Å². The summed E-state index contributed by atoms with van der Waals surface area (Å²) in [5, 5.41) is 3.10. The number of benzene rings is 2. The van der Waals surface area contributed by atoms with Gasteiger partial charge in [0.15, 0.2) is 0 Å². The number of rotatable bonds is 7. The van der Waals surface area contributed by atoms with Crippen LogP contribution in [0, 0.1) is 0 Å². The van der Waals surface area contributed by atoms with Crippen molar-refractivity contribution >= 4 is 33.3 Å². The molecule has 3 aromatic rings. The molecule has 0 saturated carbocycles. The molecular weight excluding hydrogens is 378 g/mol. The van der Waals surface area contributed by atoms with E-state index in [4.69, 9.17) is 5.73 Å². The van der Waals surface area contributed by atoms with Gasteiger partial charge in [0.05, 0.1) is 18.4 Å². The first-order chi connectivity index (χ1) is 13.3. The summed E-state index contributed by atoms with van der Waals surface area (Å²) >= 11 is 0. The van der Waals surface area contributed by atoms with Crippen molar-refractivity contribution in [1.29, 1.82) is 0 Å². The lowest BCUT2D eigenvalue weighted by atomic mass is 10.1. The average molecular weight is 397 g/mol. The molecule has 0 aliphatic heterocycles. The van der Waals surface area contributed by atoms with E-state index >= 15 is 0 Å². The molecule has 0 spiro atoms. The third kappa shape index (κ3) is 5.52. The normalized spacial score (nSPS) is 11.0. The van der Waals surface area contributed by atoms with Gasteiger partial charge in [-0.2, -0.15) is 0 Å². The number of hydrogen-bond donors (Lipinski definition) is 3. The minimum atomic E-state index is -3.36. The molecule has 3 rings (SSSR count). The van der Waals surface area contributed by atoms with Crippen LogP contribution in [0.1, 0.15) is 5.56 Å². The summed E-state index contributed by atoms with van der Waals surface area (Å²) in [6.07, 6.45) is 2.90. The van der Waals surface area contributed by atoms with Crippen molar-refractivity contribution in [1.82, 2.24) is 9.97 Å². The molecule has 2 aromatic carbocycles. The highest BCUT2D eigenvalue weighted by molar-refractivity contribution is 7.92. The zero-order chi connectivity index (χ0) is 20.1. The number of carbonyl (C=O) groups excluding carboxylic acids is 1. The molecule has 144 valence electrons. The Kier molecular flexibility index (Phi) is 5.55. The van der Waals surface area contributed by atoms with E-state index < -0.39 is 10.0 Å². The van der Waals surface area contributed by atoms with Crippen molar-refractivity contribution in [3.8, 4) is 11.3 Å². The standard InChI is InChI=1S/C19H19N5O3S/c1-28(26,27)24-16-4-2-3-14(12-16)17-9-10-21-19(23-17)22-15-7-5-13(6-8-15)11-18(20)25/h2-10,12,24H,11H2,1H3,(H2,20,25)(H,21,22,23). The number of amides is 1. The van der Waals surface area contributed by atoms with E-state index in [2.05, 4.69) is 20.0 Å². The lowest BCUT2D eigenvalue weighted by Gasteiger charge is -2.09. The highest BCUT2D eigenvalue weighted by atomic mass is 32.2. The topological polar surface area (TPSA) is 127 Å². The fraction of sp³-hybridized carbons (Fsp3) is 0.105. The molecule has 1 heterocycles. The van der Waals surface area contributed by atoms with Crippen LogP contribution in [-0.2, 0) is 21.2 Å². The summed E-state index contributed by atoms with van der Waals surface area (Å²) in [7, 11) is -3.36.